The van der Waals surface area contributed by atoms with Gasteiger partial charge in [-0.05, 0) is 12.8 Å². The van der Waals surface area contributed by atoms with Gasteiger partial charge in [-0.15, -0.1) is 0 Å². The van der Waals surface area contributed by atoms with Crippen LogP contribution in [0.25, 0.3) is 0 Å². The summed E-state index contributed by atoms with van der Waals surface area (Å²) in [7, 11) is 0. The van der Waals surface area contributed by atoms with E-state index in [1.54, 1.807) is 6.42 Å². The van der Waals surface area contributed by atoms with Gasteiger partial charge in [0.25, 0.3) is 0 Å². The highest BCUT2D eigenvalue weighted by molar-refractivity contribution is 4.60. The van der Waals surface area contributed by atoms with Gasteiger partial charge in [0.05, 0.1) is 6.61 Å². The number of unbranched alkanes of at least 4 members (excludes halogenated alkanes) is 4. The van der Waals surface area contributed by atoms with Gasteiger partial charge in [-0.25, -0.2) is 5.11 Å². The molecule has 0 aliphatic heterocycles. The Balaban J connectivity index is 2.53. The van der Waals surface area contributed by atoms with Gasteiger partial charge in [0.2, 0.25) is 0 Å². The van der Waals surface area contributed by atoms with Crippen LogP contribution in [0.2, 0.25) is 0 Å². The first-order valence-electron chi connectivity index (χ1n) is 3.31. The molecule has 0 aromatic rings. The molecule has 0 saturated heterocycles. The van der Waals surface area contributed by atoms with E-state index < -0.39 is 0 Å². The number of hydrogen-bond acceptors (Lipinski definition) is 0. The van der Waals surface area contributed by atoms with E-state index >= 15 is 0 Å². The molecule has 0 N–H and O–H groups in total. The lowest BCUT2D eigenvalue weighted by Gasteiger charge is -1.92. The van der Waals surface area contributed by atoms with Crippen molar-refractivity contribution in [1.29, 1.82) is 0 Å². The molecule has 0 heterocycles. The molecule has 0 saturated carbocycles. The third kappa shape index (κ3) is 5.96. The molecule has 0 rings (SSSR count). The van der Waals surface area contributed by atoms with Gasteiger partial charge in [0.1, 0.15) is 0 Å². The molecule has 0 aliphatic carbocycles. The van der Waals surface area contributed by atoms with Crippen LogP contribution in [-0.2, 0) is 5.11 Å². The highest BCUT2D eigenvalue weighted by atomic mass is 16.2. The van der Waals surface area contributed by atoms with Crippen LogP contribution in [0.4, 0.5) is 0 Å². The first kappa shape index (κ1) is 7.96. The summed E-state index contributed by atoms with van der Waals surface area (Å²) in [5.74, 6) is 0. The van der Waals surface area contributed by atoms with Crippen LogP contribution in [0.3, 0.4) is 0 Å². The first-order chi connectivity index (χ1) is 3.91. The van der Waals surface area contributed by atoms with Crippen LogP contribution < -0.4 is 0 Å². The fourth-order valence-corrected chi connectivity index (χ4v) is 0.622. The lowest BCUT2D eigenvalue weighted by Crippen LogP contribution is -1.81. The molecule has 0 aliphatic rings. The third-order valence-electron chi connectivity index (χ3n) is 1.13. The topological polar surface area (TPSA) is 19.9 Å². The zero-order valence-corrected chi connectivity index (χ0v) is 5.52. The van der Waals surface area contributed by atoms with Crippen molar-refractivity contribution in [3.8, 4) is 0 Å². The molecule has 0 spiro atoms. The molecule has 0 unspecified atom stereocenters. The predicted octanol–water partition coefficient (Wildman–Crippen LogP) is 2.20. The summed E-state index contributed by atoms with van der Waals surface area (Å²) in [6.45, 7) is 2.15. The van der Waals surface area contributed by atoms with Gasteiger partial charge in [0.15, 0.2) is 0 Å². The van der Waals surface area contributed by atoms with Crippen molar-refractivity contribution in [2.24, 2.45) is 0 Å². The van der Waals surface area contributed by atoms with Crippen LogP contribution in [0.5, 0.6) is 0 Å². The monoisotopic (exact) mass is 114 g/mol. The van der Waals surface area contributed by atoms with Gasteiger partial charge in [-0.3, -0.25) is 0 Å². The van der Waals surface area contributed by atoms with E-state index in [-0.39, 0.29) is 6.61 Å². The lowest BCUT2D eigenvalue weighted by atomic mass is 10.2. The highest BCUT2D eigenvalue weighted by Crippen LogP contribution is 1.99. The standard InChI is InChI=1S/C7H14O/c1-2-3-4-5-6-7-8/h6H,2-5,7H2,1H3. The second-order valence-corrected chi connectivity index (χ2v) is 1.95. The molecule has 8 heavy (non-hydrogen) atoms. The van der Waals surface area contributed by atoms with Crippen molar-refractivity contribution >= 4 is 0 Å². The second-order valence-electron chi connectivity index (χ2n) is 1.95. The molecule has 0 amide bonds. The van der Waals surface area contributed by atoms with Crippen molar-refractivity contribution in [1.82, 2.24) is 0 Å². The Bertz CT molecular complexity index is 29.4. The molecule has 0 aromatic carbocycles. The van der Waals surface area contributed by atoms with Gasteiger partial charge < -0.3 is 0 Å². The normalized spacial score (nSPS) is 9.75. The smallest absolute Gasteiger partial charge is 0.0854 e. The highest BCUT2D eigenvalue weighted by Gasteiger charge is 1.85. The maximum absolute atomic E-state index is 9.84. The van der Waals surface area contributed by atoms with E-state index in [9.17, 15) is 5.11 Å². The summed E-state index contributed by atoms with van der Waals surface area (Å²) in [4.78, 5) is 0. The molecule has 1 nitrogen and oxygen atoms in total. The Morgan fingerprint density at radius 2 is 2.12 bits per heavy atom. The van der Waals surface area contributed by atoms with E-state index in [0.717, 1.165) is 6.42 Å². The van der Waals surface area contributed by atoms with E-state index in [1.165, 1.54) is 19.3 Å². The second kappa shape index (κ2) is 6.96. The van der Waals surface area contributed by atoms with Crippen molar-refractivity contribution in [2.75, 3.05) is 6.61 Å². The maximum Gasteiger partial charge on any atom is 0.0854 e. The molecule has 48 valence electrons. The summed E-state index contributed by atoms with van der Waals surface area (Å²) in [5, 5.41) is 9.84. The van der Waals surface area contributed by atoms with Crippen molar-refractivity contribution < 1.29 is 5.11 Å². The third-order valence-corrected chi connectivity index (χ3v) is 1.13. The summed E-state index contributed by atoms with van der Waals surface area (Å²) in [5.41, 5.74) is 0. The molecule has 0 bridgehead atoms. The van der Waals surface area contributed by atoms with Crippen LogP contribution >= 0.6 is 0 Å². The van der Waals surface area contributed by atoms with E-state index in [2.05, 4.69) is 6.92 Å². The SMILES string of the molecule is CCCCC[CH]C[O]. The quantitative estimate of drug-likeness (QED) is 0.488. The zero-order chi connectivity index (χ0) is 6.24. The number of hydrogen-bond donors (Lipinski definition) is 0. The van der Waals surface area contributed by atoms with Gasteiger partial charge >= 0.3 is 0 Å². The van der Waals surface area contributed by atoms with Gasteiger partial charge in [-0.1, -0.05) is 26.2 Å². The van der Waals surface area contributed by atoms with Crippen molar-refractivity contribution in [2.45, 2.75) is 32.6 Å². The van der Waals surface area contributed by atoms with Crippen LogP contribution in [0, 0.1) is 6.42 Å². The molecule has 2 radical (unpaired) electrons. The van der Waals surface area contributed by atoms with Crippen LogP contribution in [0.15, 0.2) is 0 Å². The Morgan fingerprint density at radius 1 is 1.38 bits per heavy atom. The average Bonchev–Trinajstić information content (AvgIpc) is 1.81. The summed E-state index contributed by atoms with van der Waals surface area (Å²) >= 11 is 0. The Kier molecular flexibility index (Phi) is 6.93. The molecule has 0 fully saturated rings. The van der Waals surface area contributed by atoms with Crippen LogP contribution in [-0.4, -0.2) is 6.61 Å². The molecular formula is C7H14O. The minimum atomic E-state index is -0.0102. The fourth-order valence-electron chi connectivity index (χ4n) is 0.622. The Labute approximate surface area is 51.7 Å². The number of rotatable bonds is 5. The lowest BCUT2D eigenvalue weighted by molar-refractivity contribution is 0.217. The zero-order valence-electron chi connectivity index (χ0n) is 5.52. The largest absolute Gasteiger partial charge is 0.236 e. The molecule has 1 heteroatoms. The van der Waals surface area contributed by atoms with Crippen molar-refractivity contribution in [3.63, 3.8) is 0 Å². The van der Waals surface area contributed by atoms with Gasteiger partial charge in [0, 0.05) is 0 Å². The molecular weight excluding hydrogens is 100 g/mol. The summed E-state index contributed by atoms with van der Waals surface area (Å²) in [6, 6.07) is 0. The van der Waals surface area contributed by atoms with E-state index in [1.807, 2.05) is 0 Å². The van der Waals surface area contributed by atoms with Crippen molar-refractivity contribution in [3.05, 3.63) is 6.42 Å². The minimum absolute atomic E-state index is 0.0102. The van der Waals surface area contributed by atoms with Crippen LogP contribution in [0.1, 0.15) is 32.6 Å². The summed E-state index contributed by atoms with van der Waals surface area (Å²) in [6.07, 6.45) is 6.51. The fraction of sp³-hybridized carbons (Fsp3) is 0.857. The maximum atomic E-state index is 9.84. The molecule has 0 aromatic heterocycles. The Morgan fingerprint density at radius 3 is 2.62 bits per heavy atom. The van der Waals surface area contributed by atoms with E-state index in [4.69, 9.17) is 0 Å². The average molecular weight is 114 g/mol. The van der Waals surface area contributed by atoms with Gasteiger partial charge in [-0.2, -0.15) is 0 Å². The Hall–Kier alpha value is -0.0400. The van der Waals surface area contributed by atoms with E-state index in [0.29, 0.717) is 0 Å². The summed E-state index contributed by atoms with van der Waals surface area (Å²) < 4.78 is 0. The first-order valence-corrected chi connectivity index (χ1v) is 3.31. The molecule has 0 atom stereocenters. The minimum Gasteiger partial charge on any atom is -0.236 e. The predicted molar refractivity (Wildman–Crippen MR) is 34.0 cm³/mol.